The second kappa shape index (κ2) is 7.37. The highest BCUT2D eigenvalue weighted by Crippen LogP contribution is 2.25. The van der Waals surface area contributed by atoms with E-state index in [4.69, 9.17) is 14.5 Å². The van der Waals surface area contributed by atoms with E-state index in [2.05, 4.69) is 20.0 Å². The number of aliphatic imine (C=N–C) groups is 1. The van der Waals surface area contributed by atoms with Crippen LogP contribution in [0, 0.1) is 0 Å². The number of likely N-dealkylation sites (N-methyl/N-ethyl adjacent to an activating group) is 1. The summed E-state index contributed by atoms with van der Waals surface area (Å²) in [7, 11) is 1.69. The first-order chi connectivity index (χ1) is 12.6. The number of amides is 3. The Morgan fingerprint density at radius 2 is 1.69 bits per heavy atom. The lowest BCUT2D eigenvalue weighted by molar-refractivity contribution is -0.127. The Morgan fingerprint density at radius 3 is 2.38 bits per heavy atom. The SMILES string of the molecule is CN1C(=O)NC(=O)C2C1N=C(N1CCOCC1)N2CCN1CCOCC1. The van der Waals surface area contributed by atoms with Crippen molar-refractivity contribution in [2.45, 2.75) is 12.2 Å². The number of morpholine rings is 2. The molecule has 1 N–H and O–H groups in total. The Hall–Kier alpha value is -1.91. The fourth-order valence-electron chi connectivity index (χ4n) is 3.85. The number of hydrogen-bond donors (Lipinski definition) is 1. The number of nitrogens with one attached hydrogen (secondary N) is 1. The number of nitrogens with zero attached hydrogens (tertiary/aromatic N) is 5. The molecule has 4 heterocycles. The molecule has 4 aliphatic heterocycles. The normalized spacial score (nSPS) is 30.3. The van der Waals surface area contributed by atoms with Crippen molar-refractivity contribution in [1.82, 2.24) is 24.9 Å². The van der Waals surface area contributed by atoms with Gasteiger partial charge >= 0.3 is 6.03 Å². The molecule has 4 aliphatic rings. The summed E-state index contributed by atoms with van der Waals surface area (Å²) in [6, 6.07) is -0.868. The molecule has 10 heteroatoms. The van der Waals surface area contributed by atoms with Crippen molar-refractivity contribution in [1.29, 1.82) is 0 Å². The third-order valence-corrected chi connectivity index (χ3v) is 5.39. The van der Waals surface area contributed by atoms with Crippen LogP contribution in [-0.4, -0.2) is 122 Å². The number of imide groups is 1. The first-order valence-electron chi connectivity index (χ1n) is 9.20. The molecule has 144 valence electrons. The lowest BCUT2D eigenvalue weighted by atomic mass is 10.1. The summed E-state index contributed by atoms with van der Waals surface area (Å²) in [6.07, 6.45) is -0.473. The lowest BCUT2D eigenvalue weighted by Crippen LogP contribution is -2.65. The van der Waals surface area contributed by atoms with Crippen molar-refractivity contribution in [3.63, 3.8) is 0 Å². The van der Waals surface area contributed by atoms with Crippen LogP contribution in [-0.2, 0) is 14.3 Å². The van der Waals surface area contributed by atoms with Crippen LogP contribution in [0.25, 0.3) is 0 Å². The topological polar surface area (TPSA) is 90.0 Å². The Labute approximate surface area is 152 Å². The van der Waals surface area contributed by atoms with Gasteiger partial charge in [0.25, 0.3) is 5.91 Å². The van der Waals surface area contributed by atoms with Gasteiger partial charge in [-0.15, -0.1) is 0 Å². The maximum atomic E-state index is 12.6. The molecule has 0 aromatic heterocycles. The minimum absolute atomic E-state index is 0.271. The molecule has 3 fully saturated rings. The molecule has 2 atom stereocenters. The monoisotopic (exact) mass is 366 g/mol. The number of fused-ring (bicyclic) bond motifs is 1. The molecule has 2 unspecified atom stereocenters. The fraction of sp³-hybridized carbons (Fsp3) is 0.812. The van der Waals surface area contributed by atoms with Crippen LogP contribution < -0.4 is 5.32 Å². The smallest absolute Gasteiger partial charge is 0.325 e. The number of carbonyl (C=O) groups is 2. The van der Waals surface area contributed by atoms with Gasteiger partial charge in [0.1, 0.15) is 0 Å². The second-order valence-corrected chi connectivity index (χ2v) is 6.94. The Morgan fingerprint density at radius 1 is 1.04 bits per heavy atom. The van der Waals surface area contributed by atoms with Gasteiger partial charge in [0.15, 0.2) is 18.2 Å². The number of urea groups is 1. The Balaban J connectivity index is 1.53. The second-order valence-electron chi connectivity index (χ2n) is 6.94. The minimum Gasteiger partial charge on any atom is -0.379 e. The van der Waals surface area contributed by atoms with Crippen molar-refractivity contribution in [2.24, 2.45) is 4.99 Å². The van der Waals surface area contributed by atoms with Gasteiger partial charge in [-0.25, -0.2) is 9.79 Å². The molecular weight excluding hydrogens is 340 g/mol. The zero-order chi connectivity index (χ0) is 18.1. The standard InChI is InChI=1S/C16H26N6O4/c1-19-13-12(14(23)18-16(19)24)22(3-2-20-4-8-25-9-5-20)15(17-13)21-6-10-26-11-7-21/h12-13H,2-11H2,1H3,(H,18,23,24). The van der Waals surface area contributed by atoms with E-state index in [1.165, 1.54) is 4.90 Å². The molecule has 0 aromatic rings. The van der Waals surface area contributed by atoms with Crippen LogP contribution in [0.5, 0.6) is 0 Å². The number of ether oxygens (including phenoxy) is 2. The van der Waals surface area contributed by atoms with Crippen molar-refractivity contribution in [3.8, 4) is 0 Å². The summed E-state index contributed by atoms with van der Waals surface area (Å²) in [4.78, 5) is 37.4. The molecule has 0 radical (unpaired) electrons. The number of guanidine groups is 1. The largest absolute Gasteiger partial charge is 0.379 e. The van der Waals surface area contributed by atoms with Gasteiger partial charge in [-0.2, -0.15) is 0 Å². The van der Waals surface area contributed by atoms with E-state index in [9.17, 15) is 9.59 Å². The molecule has 3 saturated heterocycles. The van der Waals surface area contributed by atoms with E-state index >= 15 is 0 Å². The zero-order valence-corrected chi connectivity index (χ0v) is 15.1. The number of hydrogen-bond acceptors (Lipinski definition) is 8. The first kappa shape index (κ1) is 17.5. The predicted octanol–water partition coefficient (Wildman–Crippen LogP) is -1.80. The molecule has 10 nitrogen and oxygen atoms in total. The maximum Gasteiger partial charge on any atom is 0.325 e. The van der Waals surface area contributed by atoms with Gasteiger partial charge in [-0.05, 0) is 0 Å². The Kier molecular flexibility index (Phi) is 4.96. The molecule has 3 amide bonds. The van der Waals surface area contributed by atoms with Crippen molar-refractivity contribution in [3.05, 3.63) is 0 Å². The molecule has 4 rings (SSSR count). The van der Waals surface area contributed by atoms with Crippen molar-refractivity contribution in [2.75, 3.05) is 72.7 Å². The van der Waals surface area contributed by atoms with Crippen molar-refractivity contribution < 1.29 is 19.1 Å². The van der Waals surface area contributed by atoms with Crippen LogP contribution in [0.4, 0.5) is 4.79 Å². The molecule has 0 aliphatic carbocycles. The van der Waals surface area contributed by atoms with Gasteiger partial charge in [0.2, 0.25) is 0 Å². The summed E-state index contributed by atoms with van der Waals surface area (Å²) in [5.41, 5.74) is 0. The molecular formula is C16H26N6O4. The number of rotatable bonds is 3. The van der Waals surface area contributed by atoms with E-state index in [0.29, 0.717) is 19.8 Å². The van der Waals surface area contributed by atoms with Crippen molar-refractivity contribution >= 4 is 17.9 Å². The molecule has 0 saturated carbocycles. The van der Waals surface area contributed by atoms with E-state index in [1.807, 2.05) is 0 Å². The highest BCUT2D eigenvalue weighted by Gasteiger charge is 2.49. The maximum absolute atomic E-state index is 12.6. The fourth-order valence-corrected chi connectivity index (χ4v) is 3.85. The van der Waals surface area contributed by atoms with E-state index < -0.39 is 18.2 Å². The Bertz CT molecular complexity index is 587. The summed E-state index contributed by atoms with van der Waals surface area (Å²) >= 11 is 0. The average molecular weight is 366 g/mol. The predicted molar refractivity (Wildman–Crippen MR) is 92.7 cm³/mol. The van der Waals surface area contributed by atoms with Crippen LogP contribution in [0.1, 0.15) is 0 Å². The number of carbonyl (C=O) groups excluding carboxylic acids is 2. The average Bonchev–Trinajstić information content (AvgIpc) is 3.06. The van der Waals surface area contributed by atoms with Crippen LogP contribution in [0.15, 0.2) is 4.99 Å². The summed E-state index contributed by atoms with van der Waals surface area (Å²) < 4.78 is 10.9. The molecule has 26 heavy (non-hydrogen) atoms. The summed E-state index contributed by atoms with van der Waals surface area (Å²) in [6.45, 7) is 7.58. The van der Waals surface area contributed by atoms with E-state index in [1.54, 1.807) is 7.05 Å². The van der Waals surface area contributed by atoms with E-state index in [0.717, 1.165) is 51.9 Å². The highest BCUT2D eigenvalue weighted by molar-refractivity contribution is 6.03. The minimum atomic E-state index is -0.475. The summed E-state index contributed by atoms with van der Waals surface area (Å²) in [5.74, 6) is 0.528. The molecule has 0 spiro atoms. The van der Waals surface area contributed by atoms with Gasteiger partial charge < -0.3 is 24.2 Å². The zero-order valence-electron chi connectivity index (χ0n) is 15.1. The third kappa shape index (κ3) is 3.24. The molecule has 0 bridgehead atoms. The van der Waals surface area contributed by atoms with Gasteiger partial charge in [0.05, 0.1) is 26.4 Å². The van der Waals surface area contributed by atoms with Gasteiger partial charge in [-0.1, -0.05) is 0 Å². The van der Waals surface area contributed by atoms with Crippen LogP contribution >= 0.6 is 0 Å². The van der Waals surface area contributed by atoms with E-state index in [-0.39, 0.29) is 5.91 Å². The summed E-state index contributed by atoms with van der Waals surface area (Å²) in [5, 5.41) is 2.45. The van der Waals surface area contributed by atoms with Crippen LogP contribution in [0.3, 0.4) is 0 Å². The van der Waals surface area contributed by atoms with Gasteiger partial charge in [-0.3, -0.25) is 15.0 Å². The highest BCUT2D eigenvalue weighted by atomic mass is 16.5. The first-order valence-corrected chi connectivity index (χ1v) is 9.20. The quantitative estimate of drug-likeness (QED) is 0.630. The van der Waals surface area contributed by atoms with Crippen LogP contribution in [0.2, 0.25) is 0 Å². The van der Waals surface area contributed by atoms with Gasteiger partial charge in [0, 0.05) is 46.3 Å². The molecule has 0 aromatic carbocycles. The lowest BCUT2D eigenvalue weighted by Gasteiger charge is -2.39. The third-order valence-electron chi connectivity index (χ3n) is 5.39.